The molecule has 0 saturated carbocycles. The first-order valence-corrected chi connectivity index (χ1v) is 8.07. The molecule has 0 radical (unpaired) electrons. The van der Waals surface area contributed by atoms with Crippen LogP contribution in [0.1, 0.15) is 40.4 Å². The summed E-state index contributed by atoms with van der Waals surface area (Å²) in [5.41, 5.74) is 0. The van der Waals surface area contributed by atoms with Crippen LogP contribution in [0.4, 0.5) is 0 Å². The van der Waals surface area contributed by atoms with E-state index in [1.807, 2.05) is 0 Å². The predicted molar refractivity (Wildman–Crippen MR) is 81.5 cm³/mol. The van der Waals surface area contributed by atoms with E-state index in [9.17, 15) is 25.2 Å². The molecule has 6 atom stereocenters. The van der Waals surface area contributed by atoms with E-state index in [4.69, 9.17) is 10.8 Å². The van der Waals surface area contributed by atoms with Crippen molar-refractivity contribution in [2.45, 2.75) is 69.7 Å². The first-order chi connectivity index (χ1) is 11.4. The SMILES string of the molecule is [2H]C(OC[C@H]1OC(O)[C@H](O)[C@@H](O)[C@@H]1O)C(=O)NCCCCCCC. The zero-order valence-corrected chi connectivity index (χ0v) is 13.4. The Balaban J connectivity index is 2.24. The van der Waals surface area contributed by atoms with Crippen molar-refractivity contribution < 1.29 is 36.1 Å². The largest absolute Gasteiger partial charge is 0.387 e. The second kappa shape index (κ2) is 10.9. The highest BCUT2D eigenvalue weighted by molar-refractivity contribution is 5.77. The third kappa shape index (κ3) is 7.11. The fourth-order valence-corrected chi connectivity index (χ4v) is 2.27. The summed E-state index contributed by atoms with van der Waals surface area (Å²) in [5, 5.41) is 40.6. The molecule has 0 aromatic heterocycles. The Morgan fingerprint density at radius 2 is 1.83 bits per heavy atom. The van der Waals surface area contributed by atoms with Gasteiger partial charge in [0.1, 0.15) is 31.0 Å². The summed E-state index contributed by atoms with van der Waals surface area (Å²) in [6, 6.07) is 0. The number of aliphatic hydroxyl groups is 4. The van der Waals surface area contributed by atoms with Gasteiger partial charge in [-0.3, -0.25) is 4.79 Å². The highest BCUT2D eigenvalue weighted by Gasteiger charge is 2.42. The van der Waals surface area contributed by atoms with Gasteiger partial charge in [-0.2, -0.15) is 0 Å². The van der Waals surface area contributed by atoms with E-state index in [0.29, 0.717) is 6.54 Å². The number of nitrogens with one attached hydrogen (secondary N) is 1. The average Bonchev–Trinajstić information content (AvgIpc) is 2.57. The normalized spacial score (nSPS) is 33.1. The standard InChI is InChI=1S/C15H29NO7/c1-2-3-4-5-6-7-16-11(17)9-22-8-10-12(18)13(19)14(20)15(21)23-10/h10,12-15,18-21H,2-9H2,1H3,(H,16,17)/t10-,12-,13+,14-,15?/m1/s1/i9D/t9?,10-,12-,13+,14-,15?. The number of carbonyl (C=O) groups excluding carboxylic acids is 1. The number of amides is 1. The lowest BCUT2D eigenvalue weighted by atomic mass is 9.99. The van der Waals surface area contributed by atoms with Gasteiger partial charge >= 0.3 is 0 Å². The minimum absolute atomic E-state index is 0.375. The highest BCUT2D eigenvalue weighted by Crippen LogP contribution is 2.19. The number of hydrogen-bond acceptors (Lipinski definition) is 7. The van der Waals surface area contributed by atoms with Crippen LogP contribution in [0.15, 0.2) is 0 Å². The Kier molecular flexibility index (Phi) is 8.80. The van der Waals surface area contributed by atoms with Crippen molar-refractivity contribution in [2.24, 2.45) is 0 Å². The molecule has 1 amide bonds. The molecule has 0 spiro atoms. The average molecular weight is 336 g/mol. The summed E-state index contributed by atoms with van der Waals surface area (Å²) >= 11 is 0. The lowest BCUT2D eigenvalue weighted by Crippen LogP contribution is -2.58. The number of ether oxygens (including phenoxy) is 2. The molecule has 0 bridgehead atoms. The van der Waals surface area contributed by atoms with Crippen molar-refractivity contribution >= 4 is 5.91 Å². The van der Waals surface area contributed by atoms with Crippen molar-refractivity contribution in [3.8, 4) is 0 Å². The van der Waals surface area contributed by atoms with Crippen LogP contribution in [0, 0.1) is 0 Å². The molecule has 8 nitrogen and oxygen atoms in total. The molecule has 136 valence electrons. The lowest BCUT2D eigenvalue weighted by Gasteiger charge is -2.38. The molecule has 23 heavy (non-hydrogen) atoms. The number of unbranched alkanes of at least 4 members (excludes halogenated alkanes) is 4. The molecule has 0 aliphatic carbocycles. The molecule has 2 unspecified atom stereocenters. The first-order valence-electron chi connectivity index (χ1n) is 8.65. The lowest BCUT2D eigenvalue weighted by molar-refractivity contribution is -0.288. The molecule has 1 saturated heterocycles. The molecule has 1 rings (SSSR count). The van der Waals surface area contributed by atoms with E-state index in [0.717, 1.165) is 32.1 Å². The Labute approximate surface area is 137 Å². The molecular formula is C15H29NO7. The van der Waals surface area contributed by atoms with Crippen LogP contribution < -0.4 is 5.32 Å². The summed E-state index contributed by atoms with van der Waals surface area (Å²) < 4.78 is 17.5. The number of hydrogen-bond donors (Lipinski definition) is 5. The Morgan fingerprint density at radius 3 is 2.52 bits per heavy atom. The Morgan fingerprint density at radius 1 is 1.13 bits per heavy atom. The van der Waals surface area contributed by atoms with Crippen LogP contribution in [-0.2, 0) is 14.3 Å². The van der Waals surface area contributed by atoms with Crippen LogP contribution in [0.25, 0.3) is 0 Å². The van der Waals surface area contributed by atoms with Gasteiger partial charge in [0.2, 0.25) is 5.91 Å². The van der Waals surface area contributed by atoms with E-state index in [1.54, 1.807) is 0 Å². The molecular weight excluding hydrogens is 306 g/mol. The summed E-state index contributed by atoms with van der Waals surface area (Å²) in [7, 11) is 0. The molecule has 1 heterocycles. The summed E-state index contributed by atoms with van der Waals surface area (Å²) in [6.07, 6.45) is -2.26. The third-order valence-corrected chi connectivity index (χ3v) is 3.72. The summed E-state index contributed by atoms with van der Waals surface area (Å²) in [4.78, 5) is 11.7. The van der Waals surface area contributed by atoms with Crippen molar-refractivity contribution in [1.29, 1.82) is 0 Å². The maximum atomic E-state index is 11.7. The maximum absolute atomic E-state index is 11.7. The monoisotopic (exact) mass is 336 g/mol. The Hall–Kier alpha value is -0.770. The van der Waals surface area contributed by atoms with Gasteiger partial charge in [0.05, 0.1) is 7.98 Å². The van der Waals surface area contributed by atoms with E-state index in [1.165, 1.54) is 0 Å². The number of aliphatic hydroxyl groups excluding tert-OH is 4. The summed E-state index contributed by atoms with van der Waals surface area (Å²) in [5.74, 6) is -0.600. The minimum Gasteiger partial charge on any atom is -0.387 e. The van der Waals surface area contributed by atoms with Crippen molar-refractivity contribution in [3.63, 3.8) is 0 Å². The zero-order valence-electron chi connectivity index (χ0n) is 14.4. The fraction of sp³-hybridized carbons (Fsp3) is 0.933. The fourth-order valence-electron chi connectivity index (χ4n) is 2.27. The molecule has 0 aromatic rings. The van der Waals surface area contributed by atoms with E-state index < -0.39 is 43.2 Å². The minimum atomic E-state index is -1.67. The Bertz CT molecular complexity index is 374. The smallest absolute Gasteiger partial charge is 0.245 e. The highest BCUT2D eigenvalue weighted by atomic mass is 16.6. The predicted octanol–water partition coefficient (Wildman–Crippen LogP) is -1.11. The first kappa shape index (κ1) is 18.6. The van der Waals surface area contributed by atoms with E-state index >= 15 is 0 Å². The van der Waals surface area contributed by atoms with Crippen molar-refractivity contribution in [1.82, 2.24) is 5.32 Å². The second-order valence-corrected chi connectivity index (χ2v) is 5.69. The van der Waals surface area contributed by atoms with Crippen LogP contribution in [0.5, 0.6) is 0 Å². The van der Waals surface area contributed by atoms with Crippen LogP contribution in [0.2, 0.25) is 0 Å². The van der Waals surface area contributed by atoms with Crippen LogP contribution in [-0.4, -0.2) is 76.8 Å². The van der Waals surface area contributed by atoms with E-state index in [-0.39, 0.29) is 6.61 Å². The molecule has 0 aromatic carbocycles. The van der Waals surface area contributed by atoms with Crippen molar-refractivity contribution in [3.05, 3.63) is 0 Å². The van der Waals surface area contributed by atoms with Gasteiger partial charge in [0.15, 0.2) is 6.29 Å². The molecule has 1 aliphatic rings. The van der Waals surface area contributed by atoms with Crippen molar-refractivity contribution in [2.75, 3.05) is 19.7 Å². The topological polar surface area (TPSA) is 128 Å². The van der Waals surface area contributed by atoms with Crippen LogP contribution in [0.3, 0.4) is 0 Å². The van der Waals surface area contributed by atoms with Gasteiger partial charge in [-0.25, -0.2) is 0 Å². The quantitative estimate of drug-likeness (QED) is 0.320. The zero-order chi connectivity index (χ0) is 18.1. The molecule has 1 fully saturated rings. The van der Waals surface area contributed by atoms with Crippen LogP contribution >= 0.6 is 0 Å². The van der Waals surface area contributed by atoms with Gasteiger partial charge in [-0.05, 0) is 6.42 Å². The van der Waals surface area contributed by atoms with Gasteiger partial charge in [-0.1, -0.05) is 32.6 Å². The third-order valence-electron chi connectivity index (χ3n) is 3.72. The van der Waals surface area contributed by atoms with Gasteiger partial charge < -0.3 is 35.2 Å². The molecule has 1 aliphatic heterocycles. The van der Waals surface area contributed by atoms with Gasteiger partial charge in [-0.15, -0.1) is 0 Å². The van der Waals surface area contributed by atoms with E-state index in [2.05, 4.69) is 12.2 Å². The second-order valence-electron chi connectivity index (χ2n) is 5.69. The summed E-state index contributed by atoms with van der Waals surface area (Å²) in [6.45, 7) is 0.709. The number of carbonyl (C=O) groups is 1. The molecule has 5 N–H and O–H groups in total. The number of rotatable bonds is 10. The molecule has 8 heteroatoms. The maximum Gasteiger partial charge on any atom is 0.245 e. The van der Waals surface area contributed by atoms with Gasteiger partial charge in [0, 0.05) is 6.54 Å². The van der Waals surface area contributed by atoms with Gasteiger partial charge in [0.25, 0.3) is 0 Å².